The molecule has 1 atom stereocenters. The molecule has 142 valence electrons. The van der Waals surface area contributed by atoms with E-state index in [9.17, 15) is 10.0 Å². The van der Waals surface area contributed by atoms with Gasteiger partial charge in [0.15, 0.2) is 0 Å². The van der Waals surface area contributed by atoms with Crippen LogP contribution in [0.15, 0.2) is 73.1 Å². The molecule has 0 aliphatic rings. The highest BCUT2D eigenvalue weighted by Gasteiger charge is 2.23. The smallest absolute Gasteiger partial charge is 0.268 e. The van der Waals surface area contributed by atoms with E-state index in [-0.39, 0.29) is 0 Å². The minimum Gasteiger partial charge on any atom is -0.289 e. The third kappa shape index (κ3) is 3.70. The fourth-order valence-electron chi connectivity index (χ4n) is 3.27. The van der Waals surface area contributed by atoms with E-state index in [1.165, 1.54) is 0 Å². The molecule has 0 spiro atoms. The number of pyridine rings is 1. The van der Waals surface area contributed by atoms with Gasteiger partial charge in [0.05, 0.1) is 35.2 Å². The van der Waals surface area contributed by atoms with Gasteiger partial charge in [-0.3, -0.25) is 19.7 Å². The Kier molecular flexibility index (Phi) is 5.01. The second kappa shape index (κ2) is 7.92. The van der Waals surface area contributed by atoms with Crippen molar-refractivity contribution in [2.24, 2.45) is 0 Å². The predicted octanol–water partition coefficient (Wildman–Crippen LogP) is 3.26. The van der Waals surface area contributed by atoms with Crippen molar-refractivity contribution in [3.8, 4) is 17.3 Å². The lowest BCUT2D eigenvalue weighted by Gasteiger charge is -2.16. The molecule has 1 unspecified atom stereocenters. The third-order valence-corrected chi connectivity index (χ3v) is 4.77. The maximum absolute atomic E-state index is 12.3. The summed E-state index contributed by atoms with van der Waals surface area (Å²) in [6, 6.07) is 20.0. The molecule has 2 heterocycles. The van der Waals surface area contributed by atoms with E-state index in [0.29, 0.717) is 17.5 Å². The summed E-state index contributed by atoms with van der Waals surface area (Å²) in [6.45, 7) is 0. The first-order chi connectivity index (χ1) is 14.2. The van der Waals surface area contributed by atoms with E-state index in [1.54, 1.807) is 34.7 Å². The molecule has 0 aliphatic carbocycles. The van der Waals surface area contributed by atoms with Crippen LogP contribution < -0.4 is 5.48 Å². The van der Waals surface area contributed by atoms with Gasteiger partial charge in [-0.15, -0.1) is 0 Å². The van der Waals surface area contributed by atoms with Gasteiger partial charge in [0.2, 0.25) is 0 Å². The molecule has 0 saturated carbocycles. The molecule has 4 rings (SSSR count). The molecular weight excluding hydrogens is 366 g/mol. The van der Waals surface area contributed by atoms with Gasteiger partial charge in [-0.2, -0.15) is 10.4 Å². The summed E-state index contributed by atoms with van der Waals surface area (Å²) in [4.78, 5) is 16.8. The standard InChI is InChI=1S/C22H17N5O2/c23-12-16-6-8-17(9-7-16)19-11-18-13-25-27(21(18)14-24-19)20(22(28)26-29)10-15-4-2-1-3-5-15/h1-9,11,13-14,20,29H,10H2,(H,26,28). The van der Waals surface area contributed by atoms with E-state index in [4.69, 9.17) is 5.26 Å². The van der Waals surface area contributed by atoms with Crippen molar-refractivity contribution in [1.82, 2.24) is 20.2 Å². The Morgan fingerprint density at radius 1 is 1.14 bits per heavy atom. The van der Waals surface area contributed by atoms with Crippen molar-refractivity contribution in [1.29, 1.82) is 5.26 Å². The molecule has 0 fully saturated rings. The monoisotopic (exact) mass is 383 g/mol. The Morgan fingerprint density at radius 2 is 1.90 bits per heavy atom. The van der Waals surface area contributed by atoms with Crippen LogP contribution in [0.4, 0.5) is 0 Å². The highest BCUT2D eigenvalue weighted by Crippen LogP contribution is 2.25. The molecule has 0 saturated heterocycles. The molecule has 2 aromatic heterocycles. The zero-order chi connectivity index (χ0) is 20.2. The SMILES string of the molecule is N#Cc1ccc(-c2cc3cnn(C(Cc4ccccc4)C(=O)NO)c3cn2)cc1. The van der Waals surface area contributed by atoms with E-state index >= 15 is 0 Å². The van der Waals surface area contributed by atoms with Crippen molar-refractivity contribution in [2.45, 2.75) is 12.5 Å². The third-order valence-electron chi connectivity index (χ3n) is 4.77. The van der Waals surface area contributed by atoms with E-state index in [1.807, 2.05) is 48.5 Å². The van der Waals surface area contributed by atoms with Crippen molar-refractivity contribution in [3.05, 3.63) is 84.2 Å². The summed E-state index contributed by atoms with van der Waals surface area (Å²) in [7, 11) is 0. The summed E-state index contributed by atoms with van der Waals surface area (Å²) >= 11 is 0. The van der Waals surface area contributed by atoms with E-state index < -0.39 is 11.9 Å². The maximum Gasteiger partial charge on any atom is 0.268 e. The number of nitrogens with one attached hydrogen (secondary N) is 1. The summed E-state index contributed by atoms with van der Waals surface area (Å²) in [5, 5.41) is 23.4. The largest absolute Gasteiger partial charge is 0.289 e. The zero-order valence-electron chi connectivity index (χ0n) is 15.4. The second-order valence-corrected chi connectivity index (χ2v) is 6.59. The first kappa shape index (κ1) is 18.3. The van der Waals surface area contributed by atoms with Crippen molar-refractivity contribution in [2.75, 3.05) is 0 Å². The number of hydroxylamine groups is 1. The highest BCUT2D eigenvalue weighted by atomic mass is 16.5. The fraction of sp³-hybridized carbons (Fsp3) is 0.0909. The normalized spacial score (nSPS) is 11.7. The summed E-state index contributed by atoms with van der Waals surface area (Å²) in [5.74, 6) is -0.546. The Morgan fingerprint density at radius 3 is 2.59 bits per heavy atom. The predicted molar refractivity (Wildman–Crippen MR) is 107 cm³/mol. The molecule has 4 aromatic rings. The molecule has 0 bridgehead atoms. The van der Waals surface area contributed by atoms with Crippen LogP contribution in [0.5, 0.6) is 0 Å². The topological polar surface area (TPSA) is 104 Å². The zero-order valence-corrected chi connectivity index (χ0v) is 15.4. The molecular formula is C22H17N5O2. The number of hydrogen-bond donors (Lipinski definition) is 2. The van der Waals surface area contributed by atoms with Gasteiger partial charge in [0.25, 0.3) is 5.91 Å². The molecule has 0 aliphatic heterocycles. The van der Waals surface area contributed by atoms with Gasteiger partial charge in [-0.05, 0) is 23.8 Å². The quantitative estimate of drug-likeness (QED) is 0.407. The number of aromatic nitrogens is 3. The van der Waals surface area contributed by atoms with Gasteiger partial charge in [-0.1, -0.05) is 42.5 Å². The minimum atomic E-state index is -0.720. The Balaban J connectivity index is 1.71. The van der Waals surface area contributed by atoms with Gasteiger partial charge in [0.1, 0.15) is 6.04 Å². The van der Waals surface area contributed by atoms with Crippen LogP contribution in [-0.2, 0) is 11.2 Å². The first-order valence-electron chi connectivity index (χ1n) is 9.01. The van der Waals surface area contributed by atoms with Crippen LogP contribution in [0.25, 0.3) is 22.2 Å². The Labute approximate surface area is 166 Å². The lowest BCUT2D eigenvalue weighted by molar-refractivity contribution is -0.132. The molecule has 7 nitrogen and oxygen atoms in total. The summed E-state index contributed by atoms with van der Waals surface area (Å²) < 4.78 is 1.57. The van der Waals surface area contributed by atoms with Crippen LogP contribution >= 0.6 is 0 Å². The summed E-state index contributed by atoms with van der Waals surface area (Å²) in [6.07, 6.45) is 3.71. The molecule has 1 amide bonds. The first-order valence-corrected chi connectivity index (χ1v) is 9.01. The number of hydrogen-bond acceptors (Lipinski definition) is 5. The van der Waals surface area contributed by atoms with Crippen LogP contribution in [0.2, 0.25) is 0 Å². The van der Waals surface area contributed by atoms with Gasteiger partial charge >= 0.3 is 0 Å². The van der Waals surface area contributed by atoms with Crippen LogP contribution in [0.3, 0.4) is 0 Å². The summed E-state index contributed by atoms with van der Waals surface area (Å²) in [5.41, 5.74) is 5.59. The lowest BCUT2D eigenvalue weighted by atomic mass is 10.1. The number of benzene rings is 2. The van der Waals surface area contributed by atoms with Crippen LogP contribution in [0, 0.1) is 11.3 Å². The number of rotatable bonds is 5. The highest BCUT2D eigenvalue weighted by molar-refractivity contribution is 5.86. The maximum atomic E-state index is 12.3. The number of fused-ring (bicyclic) bond motifs is 1. The van der Waals surface area contributed by atoms with Crippen molar-refractivity contribution in [3.63, 3.8) is 0 Å². The number of nitrogens with zero attached hydrogens (tertiary/aromatic N) is 4. The molecule has 2 aromatic carbocycles. The average Bonchev–Trinajstić information content (AvgIpc) is 3.20. The molecule has 0 radical (unpaired) electrons. The molecule has 7 heteroatoms. The van der Waals surface area contributed by atoms with Gasteiger partial charge in [-0.25, -0.2) is 5.48 Å². The number of carbonyl (C=O) groups excluding carboxylic acids is 1. The van der Waals surface area contributed by atoms with Crippen LogP contribution in [-0.4, -0.2) is 25.9 Å². The van der Waals surface area contributed by atoms with Gasteiger partial charge in [0, 0.05) is 17.4 Å². The second-order valence-electron chi connectivity index (χ2n) is 6.59. The van der Waals surface area contributed by atoms with Crippen molar-refractivity contribution < 1.29 is 10.0 Å². The fourth-order valence-corrected chi connectivity index (χ4v) is 3.27. The Bertz CT molecular complexity index is 1190. The van der Waals surface area contributed by atoms with Crippen LogP contribution in [0.1, 0.15) is 17.2 Å². The Hall–Kier alpha value is -4.02. The minimum absolute atomic E-state index is 0.376. The number of carbonyl (C=O) groups is 1. The average molecular weight is 383 g/mol. The lowest BCUT2D eigenvalue weighted by Crippen LogP contribution is -2.32. The number of nitriles is 1. The molecule has 2 N–H and O–H groups in total. The van der Waals surface area contributed by atoms with E-state index in [2.05, 4.69) is 16.2 Å². The van der Waals surface area contributed by atoms with Gasteiger partial charge < -0.3 is 0 Å². The molecule has 29 heavy (non-hydrogen) atoms. The van der Waals surface area contributed by atoms with Crippen molar-refractivity contribution >= 4 is 16.8 Å². The van der Waals surface area contributed by atoms with E-state index in [0.717, 1.165) is 22.2 Å². The number of amides is 1.